The molecule has 12 heavy (non-hydrogen) atoms. The van der Waals surface area contributed by atoms with Crippen LogP contribution in [-0.2, 0) is 9.59 Å². The molecule has 62 valence electrons. The molecule has 0 amide bonds. The lowest BCUT2D eigenvalue weighted by Gasteiger charge is -2.09. The van der Waals surface area contributed by atoms with Crippen molar-refractivity contribution in [3.05, 3.63) is 23.6 Å². The second kappa shape index (κ2) is 2.20. The highest BCUT2D eigenvalue weighted by Crippen LogP contribution is 2.20. The maximum atomic E-state index is 11.2. The number of hydrogen-bond acceptors (Lipinski definition) is 4. The number of ketones is 2. The molecule has 0 aromatic carbocycles. The van der Waals surface area contributed by atoms with E-state index < -0.39 is 11.5 Å². The smallest absolute Gasteiger partial charge is 0.243 e. The summed E-state index contributed by atoms with van der Waals surface area (Å²) in [6.45, 7) is 1.58. The molecule has 4 heteroatoms. The van der Waals surface area contributed by atoms with Crippen molar-refractivity contribution in [1.29, 1.82) is 0 Å². The maximum Gasteiger partial charge on any atom is 0.243 e. The Hall–Kier alpha value is -1.58. The van der Waals surface area contributed by atoms with Crippen molar-refractivity contribution in [1.82, 2.24) is 4.90 Å². The predicted molar refractivity (Wildman–Crippen MR) is 40.4 cm³/mol. The number of nitrogens with zero attached hydrogens (tertiary/aromatic N) is 1. The standard InChI is InChI=1S/C8H7NO3/c10-5-3-6(9-1-2-9)8(12)7(11)4-5/h3-4,11H,1-2H2. The zero-order valence-corrected chi connectivity index (χ0v) is 6.28. The molecule has 0 radical (unpaired) electrons. The Morgan fingerprint density at radius 3 is 2.50 bits per heavy atom. The first-order valence-electron chi connectivity index (χ1n) is 3.64. The first-order valence-corrected chi connectivity index (χ1v) is 3.64. The zero-order valence-electron chi connectivity index (χ0n) is 6.28. The van der Waals surface area contributed by atoms with Gasteiger partial charge in [0, 0.05) is 25.2 Å². The molecule has 0 saturated carbocycles. The monoisotopic (exact) mass is 165 g/mol. The van der Waals surface area contributed by atoms with Crippen LogP contribution in [0, 0.1) is 0 Å². The van der Waals surface area contributed by atoms with Crippen molar-refractivity contribution in [2.75, 3.05) is 13.1 Å². The highest BCUT2D eigenvalue weighted by molar-refractivity contribution is 6.18. The molecule has 1 saturated heterocycles. The number of carbonyl (C=O) groups is 2. The van der Waals surface area contributed by atoms with Gasteiger partial charge < -0.3 is 10.0 Å². The summed E-state index contributed by atoms with van der Waals surface area (Å²) in [5.41, 5.74) is 0.319. The van der Waals surface area contributed by atoms with Crippen LogP contribution in [-0.4, -0.2) is 34.7 Å². The maximum absolute atomic E-state index is 11.2. The Kier molecular flexibility index (Phi) is 1.30. The average Bonchev–Trinajstić information content (AvgIpc) is 2.79. The van der Waals surface area contributed by atoms with Crippen LogP contribution in [0.1, 0.15) is 0 Å². The second-order valence-electron chi connectivity index (χ2n) is 2.78. The number of allylic oxidation sites excluding steroid dienone is 2. The van der Waals surface area contributed by atoms with Gasteiger partial charge in [-0.2, -0.15) is 0 Å². The van der Waals surface area contributed by atoms with Gasteiger partial charge in [-0.05, 0) is 0 Å². The molecule has 4 nitrogen and oxygen atoms in total. The topological polar surface area (TPSA) is 57.4 Å². The molecule has 1 fully saturated rings. The minimum atomic E-state index is -0.454. The molecule has 0 unspecified atom stereocenters. The molecule has 2 rings (SSSR count). The Morgan fingerprint density at radius 1 is 1.25 bits per heavy atom. The lowest BCUT2D eigenvalue weighted by Crippen LogP contribution is -2.18. The molecular formula is C8H7NO3. The fourth-order valence-corrected chi connectivity index (χ4v) is 1.10. The molecule has 0 atom stereocenters. The molecule has 0 bridgehead atoms. The molecule has 1 aliphatic carbocycles. The second-order valence-corrected chi connectivity index (χ2v) is 2.78. The van der Waals surface area contributed by atoms with Gasteiger partial charge in [-0.15, -0.1) is 0 Å². The fraction of sp³-hybridized carbons (Fsp3) is 0.250. The summed E-state index contributed by atoms with van der Waals surface area (Å²) in [6.07, 6.45) is 2.20. The molecule has 0 spiro atoms. The van der Waals surface area contributed by atoms with E-state index >= 15 is 0 Å². The highest BCUT2D eigenvalue weighted by Gasteiger charge is 2.30. The van der Waals surface area contributed by atoms with Crippen LogP contribution in [0.5, 0.6) is 0 Å². The van der Waals surface area contributed by atoms with E-state index in [2.05, 4.69) is 0 Å². The van der Waals surface area contributed by atoms with Crippen LogP contribution < -0.4 is 0 Å². The molecule has 1 N–H and O–H groups in total. The summed E-state index contributed by atoms with van der Waals surface area (Å²) in [5.74, 6) is -1.23. The normalized spacial score (nSPS) is 22.2. The fourth-order valence-electron chi connectivity index (χ4n) is 1.10. The van der Waals surface area contributed by atoms with E-state index in [4.69, 9.17) is 5.11 Å². The van der Waals surface area contributed by atoms with E-state index in [0.29, 0.717) is 5.70 Å². The van der Waals surface area contributed by atoms with Crippen molar-refractivity contribution in [2.24, 2.45) is 0 Å². The van der Waals surface area contributed by atoms with Crippen LogP contribution >= 0.6 is 0 Å². The summed E-state index contributed by atoms with van der Waals surface area (Å²) < 4.78 is 0. The number of Topliss-reactive ketones (excluding diaryl/α,β-unsaturated/α-hetero) is 1. The van der Waals surface area contributed by atoms with Crippen LogP contribution in [0.3, 0.4) is 0 Å². The third kappa shape index (κ3) is 1.01. The highest BCUT2D eigenvalue weighted by atomic mass is 16.3. The van der Waals surface area contributed by atoms with Crippen molar-refractivity contribution >= 4 is 11.6 Å². The van der Waals surface area contributed by atoms with Crippen molar-refractivity contribution in [2.45, 2.75) is 0 Å². The van der Waals surface area contributed by atoms with Gasteiger partial charge >= 0.3 is 0 Å². The Balaban J connectivity index is 2.33. The number of aliphatic hydroxyl groups is 1. The lowest BCUT2D eigenvalue weighted by molar-refractivity contribution is -0.118. The number of rotatable bonds is 1. The van der Waals surface area contributed by atoms with Gasteiger partial charge in [-0.3, -0.25) is 9.59 Å². The summed E-state index contributed by atoms with van der Waals surface area (Å²) >= 11 is 0. The van der Waals surface area contributed by atoms with Gasteiger partial charge in [0.15, 0.2) is 11.5 Å². The Morgan fingerprint density at radius 2 is 1.92 bits per heavy atom. The Bertz CT molecular complexity index is 323. The quantitative estimate of drug-likeness (QED) is 0.431. The number of carbonyl (C=O) groups excluding carboxylic acids is 2. The summed E-state index contributed by atoms with van der Waals surface area (Å²) in [7, 11) is 0. The molecular weight excluding hydrogens is 158 g/mol. The van der Waals surface area contributed by atoms with Gasteiger partial charge in [0.25, 0.3) is 0 Å². The van der Waals surface area contributed by atoms with Gasteiger partial charge in [-0.1, -0.05) is 0 Å². The van der Waals surface area contributed by atoms with E-state index in [1.54, 1.807) is 4.90 Å². The predicted octanol–water partition coefficient (Wildman–Crippen LogP) is -0.220. The van der Waals surface area contributed by atoms with Gasteiger partial charge in [-0.25, -0.2) is 0 Å². The molecule has 0 aromatic rings. The van der Waals surface area contributed by atoms with Gasteiger partial charge in [0.2, 0.25) is 5.78 Å². The SMILES string of the molecule is O=C1C=C(O)C(=O)C(N2CC2)=C1. The molecule has 1 aliphatic heterocycles. The summed E-state index contributed by atoms with van der Waals surface area (Å²) in [6, 6.07) is 0. The van der Waals surface area contributed by atoms with E-state index in [-0.39, 0.29) is 5.78 Å². The van der Waals surface area contributed by atoms with E-state index in [0.717, 1.165) is 19.2 Å². The van der Waals surface area contributed by atoms with E-state index in [1.165, 1.54) is 6.08 Å². The summed E-state index contributed by atoms with van der Waals surface area (Å²) in [5, 5.41) is 9.02. The van der Waals surface area contributed by atoms with E-state index in [9.17, 15) is 9.59 Å². The summed E-state index contributed by atoms with van der Waals surface area (Å²) in [4.78, 5) is 23.8. The van der Waals surface area contributed by atoms with Crippen molar-refractivity contribution < 1.29 is 14.7 Å². The zero-order chi connectivity index (χ0) is 8.72. The molecule has 1 heterocycles. The first kappa shape index (κ1) is 7.09. The van der Waals surface area contributed by atoms with Crippen LogP contribution in [0.25, 0.3) is 0 Å². The number of aliphatic hydroxyl groups excluding tert-OH is 1. The number of hydrogen-bond donors (Lipinski definition) is 1. The Labute approximate surface area is 68.8 Å². The van der Waals surface area contributed by atoms with Gasteiger partial charge in [0.1, 0.15) is 0 Å². The third-order valence-corrected chi connectivity index (χ3v) is 1.81. The lowest BCUT2D eigenvalue weighted by atomic mass is 10.1. The largest absolute Gasteiger partial charge is 0.504 e. The average molecular weight is 165 g/mol. The van der Waals surface area contributed by atoms with Crippen LogP contribution in [0.4, 0.5) is 0 Å². The molecule has 2 aliphatic rings. The van der Waals surface area contributed by atoms with Crippen LogP contribution in [0.2, 0.25) is 0 Å². The first-order chi connectivity index (χ1) is 5.68. The minimum Gasteiger partial charge on any atom is -0.504 e. The van der Waals surface area contributed by atoms with Gasteiger partial charge in [0.05, 0.1) is 5.70 Å². The minimum absolute atomic E-state index is 0.319. The van der Waals surface area contributed by atoms with Crippen molar-refractivity contribution in [3.63, 3.8) is 0 Å². The third-order valence-electron chi connectivity index (χ3n) is 1.81. The molecule has 0 aromatic heterocycles. The van der Waals surface area contributed by atoms with Crippen LogP contribution in [0.15, 0.2) is 23.6 Å². The van der Waals surface area contributed by atoms with E-state index in [1.807, 2.05) is 0 Å². The van der Waals surface area contributed by atoms with Crippen molar-refractivity contribution in [3.8, 4) is 0 Å².